The van der Waals surface area contributed by atoms with Gasteiger partial charge in [0.15, 0.2) is 0 Å². The van der Waals surface area contributed by atoms with Gasteiger partial charge in [-0.2, -0.15) is 0 Å². The second-order valence-electron chi connectivity index (χ2n) is 6.18. The van der Waals surface area contributed by atoms with Crippen LogP contribution in [0.5, 0.6) is 0 Å². The van der Waals surface area contributed by atoms with E-state index in [-0.39, 0.29) is 5.63 Å². The van der Waals surface area contributed by atoms with Gasteiger partial charge >= 0.3 is 5.63 Å². The topological polar surface area (TPSA) is 73.9 Å². The second-order valence-corrected chi connectivity index (χ2v) is 6.18. The van der Waals surface area contributed by atoms with Crippen LogP contribution < -0.4 is 5.63 Å². The zero-order valence-corrected chi connectivity index (χ0v) is 12.9. The molecule has 0 unspecified atom stereocenters. The van der Waals surface area contributed by atoms with Crippen molar-refractivity contribution in [2.75, 3.05) is 13.1 Å². The number of likely N-dealkylation sites (tertiary alicyclic amines) is 1. The number of aliphatic hydroxyl groups is 2. The first-order chi connectivity index (χ1) is 10.4. The molecule has 118 valence electrons. The van der Waals surface area contributed by atoms with Crippen LogP contribution in [-0.4, -0.2) is 40.4 Å². The Hall–Kier alpha value is -1.69. The van der Waals surface area contributed by atoms with Gasteiger partial charge in [-0.15, -0.1) is 0 Å². The molecule has 1 aliphatic rings. The number of hydrogen-bond acceptors (Lipinski definition) is 5. The Bertz CT molecular complexity index is 752. The van der Waals surface area contributed by atoms with E-state index >= 15 is 0 Å². The molecule has 0 amide bonds. The van der Waals surface area contributed by atoms with Gasteiger partial charge in [-0.1, -0.05) is 0 Å². The predicted molar refractivity (Wildman–Crippen MR) is 83.9 cm³/mol. The molecule has 1 aromatic heterocycles. The van der Waals surface area contributed by atoms with Gasteiger partial charge in [0, 0.05) is 31.1 Å². The van der Waals surface area contributed by atoms with Crippen LogP contribution in [0, 0.1) is 13.8 Å². The van der Waals surface area contributed by atoms with E-state index in [4.69, 9.17) is 4.42 Å². The molecule has 5 nitrogen and oxygen atoms in total. The summed E-state index contributed by atoms with van der Waals surface area (Å²) in [5.41, 5.74) is 3.38. The maximum absolute atomic E-state index is 11.8. The van der Waals surface area contributed by atoms with Gasteiger partial charge in [0.25, 0.3) is 0 Å². The van der Waals surface area contributed by atoms with Crippen LogP contribution in [0.25, 0.3) is 11.0 Å². The van der Waals surface area contributed by atoms with Gasteiger partial charge in [-0.3, -0.25) is 4.90 Å². The van der Waals surface area contributed by atoms with Crippen LogP contribution in [-0.2, 0) is 6.54 Å². The monoisotopic (exact) mass is 303 g/mol. The molecule has 1 aliphatic heterocycles. The number of rotatable bonds is 2. The van der Waals surface area contributed by atoms with Crippen LogP contribution in [0.15, 0.2) is 27.4 Å². The van der Waals surface area contributed by atoms with Crippen molar-refractivity contribution in [1.82, 2.24) is 4.90 Å². The minimum Gasteiger partial charge on any atom is -0.423 e. The zero-order valence-electron chi connectivity index (χ0n) is 12.9. The Balaban J connectivity index is 1.96. The molecular weight excluding hydrogens is 282 g/mol. The molecule has 5 heteroatoms. The van der Waals surface area contributed by atoms with Crippen molar-refractivity contribution in [3.63, 3.8) is 0 Å². The molecule has 2 atom stereocenters. The van der Waals surface area contributed by atoms with E-state index < -0.39 is 12.2 Å². The van der Waals surface area contributed by atoms with Crippen molar-refractivity contribution >= 4 is 11.0 Å². The molecule has 0 saturated carbocycles. The summed E-state index contributed by atoms with van der Waals surface area (Å²) in [6.07, 6.45) is -0.846. The number of nitrogens with zero attached hydrogens (tertiary/aromatic N) is 1. The van der Waals surface area contributed by atoms with Gasteiger partial charge in [0.2, 0.25) is 0 Å². The summed E-state index contributed by atoms with van der Waals surface area (Å²) in [5, 5.41) is 20.3. The van der Waals surface area contributed by atoms with E-state index in [1.54, 1.807) is 0 Å². The fourth-order valence-electron chi connectivity index (χ4n) is 2.98. The smallest absolute Gasteiger partial charge is 0.336 e. The third kappa shape index (κ3) is 2.92. The van der Waals surface area contributed by atoms with E-state index in [2.05, 4.69) is 4.90 Å². The quantitative estimate of drug-likeness (QED) is 0.819. The first-order valence-corrected chi connectivity index (χ1v) is 7.56. The average molecular weight is 303 g/mol. The summed E-state index contributed by atoms with van der Waals surface area (Å²) in [6, 6.07) is 5.46. The lowest BCUT2D eigenvalue weighted by atomic mass is 10.0. The minimum absolute atomic E-state index is 0.358. The maximum Gasteiger partial charge on any atom is 0.336 e. The number of fused-ring (bicyclic) bond motifs is 1. The molecule has 1 saturated heterocycles. The fraction of sp³-hybridized carbons (Fsp3) is 0.471. The highest BCUT2D eigenvalue weighted by molar-refractivity contribution is 5.81. The minimum atomic E-state index is -0.732. The Morgan fingerprint density at radius 3 is 2.64 bits per heavy atom. The molecule has 22 heavy (non-hydrogen) atoms. The first kappa shape index (κ1) is 15.2. The number of β-amino-alcohol motifs (C(OH)–C–C–N with tert-alkyl or cyclic N) is 1. The van der Waals surface area contributed by atoms with E-state index in [9.17, 15) is 15.0 Å². The summed E-state index contributed by atoms with van der Waals surface area (Å²) in [4.78, 5) is 13.8. The Kier molecular flexibility index (Phi) is 4.04. The third-order valence-electron chi connectivity index (χ3n) is 4.47. The third-order valence-corrected chi connectivity index (χ3v) is 4.47. The second kappa shape index (κ2) is 5.83. The Morgan fingerprint density at radius 2 is 1.91 bits per heavy atom. The summed E-state index contributed by atoms with van der Waals surface area (Å²) < 4.78 is 5.30. The van der Waals surface area contributed by atoms with Crippen LogP contribution in [0.1, 0.15) is 23.1 Å². The lowest BCUT2D eigenvalue weighted by Crippen LogP contribution is -2.46. The fourth-order valence-corrected chi connectivity index (χ4v) is 2.98. The summed E-state index contributed by atoms with van der Waals surface area (Å²) >= 11 is 0. The lowest BCUT2D eigenvalue weighted by Gasteiger charge is -2.33. The summed E-state index contributed by atoms with van der Waals surface area (Å²) in [5.74, 6) is 0. The van der Waals surface area contributed by atoms with Crippen molar-refractivity contribution in [1.29, 1.82) is 0 Å². The van der Waals surface area contributed by atoms with E-state index in [1.807, 2.05) is 26.0 Å². The highest BCUT2D eigenvalue weighted by Crippen LogP contribution is 2.23. The van der Waals surface area contributed by atoms with Gasteiger partial charge in [0.1, 0.15) is 5.58 Å². The average Bonchev–Trinajstić information content (AvgIpc) is 2.45. The molecule has 0 radical (unpaired) electrons. The Labute approximate surface area is 128 Å². The molecule has 0 spiro atoms. The largest absolute Gasteiger partial charge is 0.423 e. The molecule has 1 aromatic carbocycles. The summed E-state index contributed by atoms with van der Waals surface area (Å²) in [7, 11) is 0. The molecule has 1 fully saturated rings. The van der Waals surface area contributed by atoms with E-state index in [0.29, 0.717) is 31.6 Å². The molecule has 3 rings (SSSR count). The van der Waals surface area contributed by atoms with Gasteiger partial charge < -0.3 is 14.6 Å². The number of aliphatic hydroxyl groups excluding tert-OH is 2. The van der Waals surface area contributed by atoms with Crippen molar-refractivity contribution < 1.29 is 14.6 Å². The van der Waals surface area contributed by atoms with Gasteiger partial charge in [-0.25, -0.2) is 4.79 Å². The molecule has 0 aliphatic carbocycles. The molecule has 2 N–H and O–H groups in total. The maximum atomic E-state index is 11.8. The van der Waals surface area contributed by atoms with Crippen LogP contribution in [0.3, 0.4) is 0 Å². The standard InChI is InChI=1S/C17H21NO4/c1-10-5-13-12(7-17(21)22-16(13)6-11(10)2)8-18-4-3-14(19)15(20)9-18/h5-7,14-15,19-20H,3-4,8-9H2,1-2H3/t14-,15-/m0/s1. The van der Waals surface area contributed by atoms with Gasteiger partial charge in [-0.05, 0) is 49.1 Å². The molecule has 2 heterocycles. The van der Waals surface area contributed by atoms with Crippen LogP contribution in [0.2, 0.25) is 0 Å². The van der Waals surface area contributed by atoms with E-state index in [1.165, 1.54) is 6.07 Å². The highest BCUT2D eigenvalue weighted by Gasteiger charge is 2.26. The van der Waals surface area contributed by atoms with Crippen molar-refractivity contribution in [2.24, 2.45) is 0 Å². The van der Waals surface area contributed by atoms with Crippen molar-refractivity contribution in [3.8, 4) is 0 Å². The first-order valence-electron chi connectivity index (χ1n) is 7.56. The zero-order chi connectivity index (χ0) is 15.9. The lowest BCUT2D eigenvalue weighted by molar-refractivity contribution is -0.0403. The normalized spacial score (nSPS) is 23.1. The van der Waals surface area contributed by atoms with Crippen LogP contribution in [0.4, 0.5) is 0 Å². The van der Waals surface area contributed by atoms with Crippen LogP contribution >= 0.6 is 0 Å². The molecule has 0 bridgehead atoms. The molecular formula is C17H21NO4. The number of aryl methyl sites for hydroxylation is 2. The van der Waals surface area contributed by atoms with Crippen molar-refractivity contribution in [3.05, 3.63) is 45.3 Å². The predicted octanol–water partition coefficient (Wildman–Crippen LogP) is 1.34. The number of hydrogen-bond donors (Lipinski definition) is 2. The van der Waals surface area contributed by atoms with Crippen molar-refractivity contribution in [2.45, 2.75) is 39.0 Å². The molecule has 2 aromatic rings. The van der Waals surface area contributed by atoms with Gasteiger partial charge in [0.05, 0.1) is 12.2 Å². The summed E-state index contributed by atoms with van der Waals surface area (Å²) in [6.45, 7) is 5.70. The SMILES string of the molecule is Cc1cc2oc(=O)cc(CN3CC[C@H](O)[C@@H](O)C3)c2cc1C. The van der Waals surface area contributed by atoms with E-state index in [0.717, 1.165) is 22.1 Å². The number of piperidine rings is 1. The number of benzene rings is 1. The Morgan fingerprint density at radius 1 is 1.18 bits per heavy atom. The highest BCUT2D eigenvalue weighted by atomic mass is 16.4.